The molecule has 2 heterocycles. The Balaban J connectivity index is 1.50. The number of aromatic nitrogens is 2. The zero-order valence-corrected chi connectivity index (χ0v) is 18.6. The molecule has 0 aliphatic carbocycles. The smallest absolute Gasteiger partial charge is 0.269 e. The first kappa shape index (κ1) is 21.7. The van der Waals surface area contributed by atoms with Crippen LogP contribution in [-0.4, -0.2) is 37.2 Å². The number of hydrogen-bond acceptors (Lipinski definition) is 6. The van der Waals surface area contributed by atoms with Gasteiger partial charge in [0.05, 0.1) is 11.1 Å². The molecule has 4 aromatic rings. The van der Waals surface area contributed by atoms with Gasteiger partial charge in [0.15, 0.2) is 11.5 Å². The fourth-order valence-electron chi connectivity index (χ4n) is 3.68. The highest BCUT2D eigenvalue weighted by atomic mass is 32.2. The van der Waals surface area contributed by atoms with E-state index in [1.54, 1.807) is 48.8 Å². The second-order valence-corrected chi connectivity index (χ2v) is 9.24. The molecule has 1 aromatic heterocycles. The Morgan fingerprint density at radius 2 is 1.82 bits per heavy atom. The predicted octanol–water partition coefficient (Wildman–Crippen LogP) is 3.17. The summed E-state index contributed by atoms with van der Waals surface area (Å²) < 4.78 is 35.3. The van der Waals surface area contributed by atoms with Crippen molar-refractivity contribution in [3.63, 3.8) is 0 Å². The Kier molecular flexibility index (Phi) is 5.52. The Hall–Kier alpha value is -4.15. The van der Waals surface area contributed by atoms with Crippen molar-refractivity contribution in [1.29, 1.82) is 0 Å². The third-order valence-electron chi connectivity index (χ3n) is 5.38. The number of carbonyl (C=O) groups excluding carboxylic acids is 1. The first-order valence-electron chi connectivity index (χ1n) is 10.3. The highest BCUT2D eigenvalue weighted by Crippen LogP contribution is 2.35. The summed E-state index contributed by atoms with van der Waals surface area (Å²) in [6, 6.07) is 18.8. The van der Waals surface area contributed by atoms with Crippen LogP contribution in [0.5, 0.6) is 11.5 Å². The van der Waals surface area contributed by atoms with Crippen LogP contribution in [0.4, 0.5) is 5.69 Å². The number of anilines is 1. The molecule has 1 aliphatic heterocycles. The van der Waals surface area contributed by atoms with Crippen LogP contribution in [0.1, 0.15) is 0 Å². The molecule has 172 valence electrons. The number of para-hydroxylation sites is 2. The first-order valence-corrected chi connectivity index (χ1v) is 11.9. The summed E-state index contributed by atoms with van der Waals surface area (Å²) in [5, 5.41) is 15.0. The Morgan fingerprint density at radius 3 is 2.59 bits per heavy atom. The van der Waals surface area contributed by atoms with Gasteiger partial charge in [-0.3, -0.25) is 9.89 Å². The maximum absolute atomic E-state index is 13.1. The fraction of sp³-hybridized carbons (Fsp3) is 0.0833. The molecule has 0 spiro atoms. The van der Waals surface area contributed by atoms with Gasteiger partial charge < -0.3 is 14.8 Å². The first-order chi connectivity index (χ1) is 16.4. The molecule has 1 atom stereocenters. The van der Waals surface area contributed by atoms with Crippen molar-refractivity contribution in [1.82, 2.24) is 10.2 Å². The number of hydrogen-bond donors (Lipinski definition) is 3. The van der Waals surface area contributed by atoms with Crippen molar-refractivity contribution in [3.8, 4) is 33.8 Å². The molecule has 10 heteroatoms. The topological polar surface area (TPSA) is 136 Å². The quantitative estimate of drug-likeness (QED) is 0.405. The van der Waals surface area contributed by atoms with E-state index in [0.717, 1.165) is 11.1 Å². The minimum Gasteiger partial charge on any atom is -0.485 e. The van der Waals surface area contributed by atoms with Crippen LogP contribution in [0, 0.1) is 0 Å². The number of ether oxygens (including phenoxy) is 2. The van der Waals surface area contributed by atoms with Crippen LogP contribution in [0.3, 0.4) is 0 Å². The van der Waals surface area contributed by atoms with Crippen molar-refractivity contribution in [2.24, 2.45) is 5.14 Å². The molecule has 1 unspecified atom stereocenters. The van der Waals surface area contributed by atoms with E-state index in [1.807, 2.05) is 18.2 Å². The molecule has 1 aliphatic rings. The van der Waals surface area contributed by atoms with Crippen molar-refractivity contribution in [2.45, 2.75) is 11.0 Å². The second kappa shape index (κ2) is 8.65. The fourth-order valence-corrected chi connectivity index (χ4v) is 4.24. The minimum atomic E-state index is -3.91. The van der Waals surface area contributed by atoms with E-state index in [0.29, 0.717) is 28.3 Å². The highest BCUT2D eigenvalue weighted by molar-refractivity contribution is 7.89. The molecule has 34 heavy (non-hydrogen) atoms. The second-order valence-electron chi connectivity index (χ2n) is 7.67. The number of nitrogens with zero attached hydrogens (tertiary/aromatic N) is 1. The normalized spacial score (nSPS) is 15.0. The summed E-state index contributed by atoms with van der Waals surface area (Å²) in [6.07, 6.45) is 2.55. The largest absolute Gasteiger partial charge is 0.485 e. The molecule has 0 fully saturated rings. The van der Waals surface area contributed by atoms with E-state index in [9.17, 15) is 13.2 Å². The van der Waals surface area contributed by atoms with E-state index in [4.69, 9.17) is 14.6 Å². The van der Waals surface area contributed by atoms with Crippen LogP contribution in [-0.2, 0) is 14.8 Å². The van der Waals surface area contributed by atoms with Gasteiger partial charge in [0.25, 0.3) is 5.91 Å². The molecule has 3 aromatic carbocycles. The molecule has 4 N–H and O–H groups in total. The summed E-state index contributed by atoms with van der Waals surface area (Å²) in [5.74, 6) is 0.677. The zero-order chi connectivity index (χ0) is 23.7. The van der Waals surface area contributed by atoms with Crippen molar-refractivity contribution in [3.05, 3.63) is 79.1 Å². The number of benzene rings is 3. The maximum atomic E-state index is 13.1. The number of sulfonamides is 1. The lowest BCUT2D eigenvalue weighted by Gasteiger charge is -2.26. The molecule has 0 saturated heterocycles. The van der Waals surface area contributed by atoms with Crippen LogP contribution in [0.2, 0.25) is 0 Å². The summed E-state index contributed by atoms with van der Waals surface area (Å²) in [7, 11) is -3.91. The molecule has 5 rings (SSSR count). The summed E-state index contributed by atoms with van der Waals surface area (Å²) in [4.78, 5) is 13.0. The predicted molar refractivity (Wildman–Crippen MR) is 126 cm³/mol. The lowest BCUT2D eigenvalue weighted by molar-refractivity contribution is -0.125. The third kappa shape index (κ3) is 4.36. The van der Waals surface area contributed by atoms with E-state index in [1.165, 1.54) is 12.1 Å². The standard InChI is InChI=1S/C24H20N4O5S/c25-34(30,31)18-5-3-4-16(10-18)19-11-15(17-12-26-27-13-17)8-9-20(19)28-24(29)23-14-32-21-6-1-2-7-22(21)33-23/h1-13,23H,14H2,(H,26,27)(H,28,29)(H2,25,30,31). The molecular weight excluding hydrogens is 456 g/mol. The number of nitrogens with two attached hydrogens (primary N) is 1. The highest BCUT2D eigenvalue weighted by Gasteiger charge is 2.28. The number of aromatic amines is 1. The molecule has 0 bridgehead atoms. The van der Waals surface area contributed by atoms with Gasteiger partial charge in [-0.05, 0) is 47.5 Å². The van der Waals surface area contributed by atoms with Gasteiger partial charge in [-0.1, -0.05) is 30.3 Å². The van der Waals surface area contributed by atoms with Gasteiger partial charge in [-0.2, -0.15) is 5.10 Å². The van der Waals surface area contributed by atoms with Crippen molar-refractivity contribution >= 4 is 21.6 Å². The van der Waals surface area contributed by atoms with Crippen molar-refractivity contribution in [2.75, 3.05) is 11.9 Å². The van der Waals surface area contributed by atoms with E-state index in [2.05, 4.69) is 15.5 Å². The minimum absolute atomic E-state index is 0.0309. The average molecular weight is 477 g/mol. The van der Waals surface area contributed by atoms with E-state index >= 15 is 0 Å². The van der Waals surface area contributed by atoms with Crippen molar-refractivity contribution < 1.29 is 22.7 Å². The van der Waals surface area contributed by atoms with Gasteiger partial charge in [0.1, 0.15) is 6.61 Å². The van der Waals surface area contributed by atoms with Gasteiger partial charge in [-0.15, -0.1) is 0 Å². The van der Waals surface area contributed by atoms with Crippen LogP contribution < -0.4 is 19.9 Å². The van der Waals surface area contributed by atoms with E-state index < -0.39 is 22.0 Å². The maximum Gasteiger partial charge on any atom is 0.269 e. The summed E-state index contributed by atoms with van der Waals surface area (Å²) in [6.45, 7) is 0.0617. The number of fused-ring (bicyclic) bond motifs is 1. The Morgan fingerprint density at radius 1 is 1.00 bits per heavy atom. The van der Waals surface area contributed by atoms with Crippen LogP contribution >= 0.6 is 0 Å². The number of nitrogens with one attached hydrogen (secondary N) is 2. The number of primary sulfonamides is 1. The number of carbonyl (C=O) groups is 1. The Bertz CT molecular complexity index is 1470. The van der Waals surface area contributed by atoms with Gasteiger partial charge >= 0.3 is 0 Å². The van der Waals surface area contributed by atoms with E-state index in [-0.39, 0.29) is 11.5 Å². The molecular formula is C24H20N4O5S. The number of amides is 1. The lowest BCUT2D eigenvalue weighted by Crippen LogP contribution is -2.40. The number of rotatable bonds is 5. The SMILES string of the molecule is NS(=O)(=O)c1cccc(-c2cc(-c3cn[nH]c3)ccc2NC(=O)C2COc3ccccc3O2)c1. The monoisotopic (exact) mass is 476 g/mol. The molecule has 0 radical (unpaired) electrons. The lowest BCUT2D eigenvalue weighted by atomic mass is 9.98. The zero-order valence-electron chi connectivity index (χ0n) is 17.8. The van der Waals surface area contributed by atoms with Crippen LogP contribution in [0.25, 0.3) is 22.3 Å². The number of H-pyrrole nitrogens is 1. The summed E-state index contributed by atoms with van der Waals surface area (Å²) >= 11 is 0. The Labute approximate surface area is 195 Å². The van der Waals surface area contributed by atoms with Gasteiger partial charge in [0.2, 0.25) is 16.1 Å². The van der Waals surface area contributed by atoms with Crippen LogP contribution in [0.15, 0.2) is 84.0 Å². The summed E-state index contributed by atoms with van der Waals surface area (Å²) in [5.41, 5.74) is 3.32. The van der Waals surface area contributed by atoms with Gasteiger partial charge in [-0.25, -0.2) is 13.6 Å². The third-order valence-corrected chi connectivity index (χ3v) is 6.29. The molecule has 0 saturated carbocycles. The average Bonchev–Trinajstić information content (AvgIpc) is 3.38. The molecule has 9 nitrogen and oxygen atoms in total. The molecule has 1 amide bonds. The van der Waals surface area contributed by atoms with Gasteiger partial charge in [0, 0.05) is 23.0 Å².